The standard InChI is InChI=1S/C17H26N4O3/c1-17(2,3)15(22)19-14-9-13(20-21-14)10-7-12(8-10)24-16(23)18-11-5-4-6-11/h9-12H,4-8H2,1-3H3,(H,18,23)(H2,19,20,21,22). The maximum absolute atomic E-state index is 12.0. The quantitative estimate of drug-likeness (QED) is 0.789. The predicted octanol–water partition coefficient (Wildman–Crippen LogP) is 2.92. The molecule has 0 saturated heterocycles. The first-order chi connectivity index (χ1) is 11.3. The number of amides is 2. The molecule has 132 valence electrons. The first-order valence-electron chi connectivity index (χ1n) is 8.65. The van der Waals surface area contributed by atoms with Gasteiger partial charge in [-0.2, -0.15) is 5.10 Å². The van der Waals surface area contributed by atoms with Crippen molar-refractivity contribution in [1.29, 1.82) is 0 Å². The van der Waals surface area contributed by atoms with Crippen LogP contribution in [0.5, 0.6) is 0 Å². The molecule has 3 N–H and O–H groups in total. The molecule has 0 atom stereocenters. The summed E-state index contributed by atoms with van der Waals surface area (Å²) >= 11 is 0. The maximum atomic E-state index is 12.0. The number of nitrogens with one attached hydrogen (secondary N) is 3. The van der Waals surface area contributed by atoms with Gasteiger partial charge in [-0.1, -0.05) is 20.8 Å². The number of nitrogens with zero attached hydrogens (tertiary/aromatic N) is 1. The van der Waals surface area contributed by atoms with Crippen LogP contribution in [0.25, 0.3) is 0 Å². The van der Waals surface area contributed by atoms with Crippen LogP contribution in [0.2, 0.25) is 0 Å². The minimum absolute atomic E-state index is 0.0361. The molecule has 0 unspecified atom stereocenters. The van der Waals surface area contributed by atoms with Gasteiger partial charge >= 0.3 is 6.09 Å². The summed E-state index contributed by atoms with van der Waals surface area (Å²) in [5, 5.41) is 12.8. The Labute approximate surface area is 141 Å². The van der Waals surface area contributed by atoms with Crippen molar-refractivity contribution in [3.63, 3.8) is 0 Å². The number of aromatic amines is 1. The van der Waals surface area contributed by atoms with Crippen molar-refractivity contribution < 1.29 is 14.3 Å². The van der Waals surface area contributed by atoms with Gasteiger partial charge in [-0.3, -0.25) is 9.89 Å². The topological polar surface area (TPSA) is 96.1 Å². The largest absolute Gasteiger partial charge is 0.446 e. The van der Waals surface area contributed by atoms with Crippen molar-refractivity contribution in [3.8, 4) is 0 Å². The molecule has 0 spiro atoms. The number of H-pyrrole nitrogens is 1. The first kappa shape index (κ1) is 16.8. The zero-order chi connectivity index (χ0) is 17.3. The molecule has 2 saturated carbocycles. The van der Waals surface area contributed by atoms with Gasteiger partial charge in [0, 0.05) is 29.1 Å². The fourth-order valence-corrected chi connectivity index (χ4v) is 2.73. The summed E-state index contributed by atoms with van der Waals surface area (Å²) in [6.45, 7) is 5.58. The summed E-state index contributed by atoms with van der Waals surface area (Å²) in [6.07, 6.45) is 4.53. The van der Waals surface area contributed by atoms with Gasteiger partial charge in [0.15, 0.2) is 5.82 Å². The average molecular weight is 334 g/mol. The lowest BCUT2D eigenvalue weighted by molar-refractivity contribution is -0.123. The van der Waals surface area contributed by atoms with E-state index in [1.165, 1.54) is 6.42 Å². The highest BCUT2D eigenvalue weighted by atomic mass is 16.6. The minimum atomic E-state index is -0.456. The monoisotopic (exact) mass is 334 g/mol. The highest BCUT2D eigenvalue weighted by molar-refractivity contribution is 5.93. The molecular weight excluding hydrogens is 308 g/mol. The summed E-state index contributed by atoms with van der Waals surface area (Å²) in [5.41, 5.74) is 0.515. The van der Waals surface area contributed by atoms with Crippen LogP contribution in [-0.2, 0) is 9.53 Å². The van der Waals surface area contributed by atoms with Crippen LogP contribution in [-0.4, -0.2) is 34.3 Å². The lowest BCUT2D eigenvalue weighted by Gasteiger charge is -2.35. The molecule has 2 amide bonds. The molecule has 0 radical (unpaired) electrons. The lowest BCUT2D eigenvalue weighted by atomic mass is 9.80. The molecule has 0 aromatic carbocycles. The zero-order valence-corrected chi connectivity index (χ0v) is 14.5. The molecule has 1 aromatic rings. The smallest absolute Gasteiger partial charge is 0.407 e. The maximum Gasteiger partial charge on any atom is 0.407 e. The summed E-state index contributed by atoms with van der Waals surface area (Å²) in [6, 6.07) is 2.16. The molecule has 1 heterocycles. The van der Waals surface area contributed by atoms with Crippen LogP contribution in [0.1, 0.15) is 64.5 Å². The number of anilines is 1. The summed E-state index contributed by atoms with van der Waals surface area (Å²) < 4.78 is 5.41. The number of alkyl carbamates (subject to hydrolysis) is 1. The van der Waals surface area contributed by atoms with Crippen molar-refractivity contribution in [2.24, 2.45) is 5.41 Å². The fraction of sp³-hybridized carbons (Fsp3) is 0.706. The third-order valence-electron chi connectivity index (χ3n) is 4.76. The van der Waals surface area contributed by atoms with Crippen molar-refractivity contribution in [1.82, 2.24) is 15.5 Å². The highest BCUT2D eigenvalue weighted by Crippen LogP contribution is 2.38. The normalized spacial score (nSPS) is 23.8. The Balaban J connectivity index is 1.43. The van der Waals surface area contributed by atoms with Crippen molar-refractivity contribution in [2.45, 2.75) is 70.9 Å². The lowest BCUT2D eigenvalue weighted by Crippen LogP contribution is -2.43. The Morgan fingerprint density at radius 2 is 2.00 bits per heavy atom. The number of rotatable bonds is 4. The van der Waals surface area contributed by atoms with Gasteiger partial charge in [-0.15, -0.1) is 0 Å². The Kier molecular flexibility index (Phi) is 4.51. The molecule has 2 aliphatic rings. The second-order valence-corrected chi connectivity index (χ2v) is 7.88. The van der Waals surface area contributed by atoms with E-state index < -0.39 is 5.41 Å². The molecule has 2 aliphatic carbocycles. The summed E-state index contributed by atoms with van der Waals surface area (Å²) in [4.78, 5) is 23.7. The van der Waals surface area contributed by atoms with E-state index in [2.05, 4.69) is 20.8 Å². The minimum Gasteiger partial charge on any atom is -0.446 e. The SMILES string of the molecule is CC(C)(C)C(=O)Nc1cc(C2CC(OC(=O)NC3CCC3)C2)[nH]n1. The zero-order valence-electron chi connectivity index (χ0n) is 14.5. The third-order valence-corrected chi connectivity index (χ3v) is 4.76. The van der Waals surface area contributed by atoms with Gasteiger partial charge in [0.05, 0.1) is 0 Å². The van der Waals surface area contributed by atoms with E-state index in [1.54, 1.807) is 0 Å². The Hall–Kier alpha value is -2.05. The van der Waals surface area contributed by atoms with Gasteiger partial charge in [-0.05, 0) is 32.1 Å². The Morgan fingerprint density at radius 1 is 1.29 bits per heavy atom. The molecular formula is C17H26N4O3. The number of hydrogen-bond acceptors (Lipinski definition) is 4. The van der Waals surface area contributed by atoms with E-state index in [-0.39, 0.29) is 18.1 Å². The average Bonchev–Trinajstić information content (AvgIpc) is 2.84. The van der Waals surface area contributed by atoms with Crippen LogP contribution in [0.3, 0.4) is 0 Å². The molecule has 1 aromatic heterocycles. The summed E-state index contributed by atoms with van der Waals surface area (Å²) in [5.74, 6) is 0.763. The molecule has 24 heavy (non-hydrogen) atoms. The van der Waals surface area contributed by atoms with Gasteiger partial charge < -0.3 is 15.4 Å². The molecule has 7 nitrogen and oxygen atoms in total. The Bertz CT molecular complexity index is 610. The highest BCUT2D eigenvalue weighted by Gasteiger charge is 2.35. The number of carbonyl (C=O) groups is 2. The fourth-order valence-electron chi connectivity index (χ4n) is 2.73. The van der Waals surface area contributed by atoms with E-state index in [0.29, 0.717) is 17.8 Å². The second-order valence-electron chi connectivity index (χ2n) is 7.88. The van der Waals surface area contributed by atoms with Gasteiger partial charge in [-0.25, -0.2) is 4.79 Å². The van der Waals surface area contributed by atoms with Crippen molar-refractivity contribution >= 4 is 17.8 Å². The van der Waals surface area contributed by atoms with Crippen LogP contribution >= 0.6 is 0 Å². The molecule has 0 bridgehead atoms. The Morgan fingerprint density at radius 3 is 2.58 bits per heavy atom. The van der Waals surface area contributed by atoms with E-state index in [4.69, 9.17) is 4.74 Å². The number of carbonyl (C=O) groups excluding carboxylic acids is 2. The molecule has 7 heteroatoms. The third kappa shape index (κ3) is 3.88. The van der Waals surface area contributed by atoms with Crippen LogP contribution in [0, 0.1) is 5.41 Å². The molecule has 3 rings (SSSR count). The predicted molar refractivity (Wildman–Crippen MR) is 89.7 cm³/mol. The van der Waals surface area contributed by atoms with Crippen LogP contribution in [0.15, 0.2) is 6.07 Å². The number of aromatic nitrogens is 2. The molecule has 0 aliphatic heterocycles. The van der Waals surface area contributed by atoms with Gasteiger partial charge in [0.2, 0.25) is 5.91 Å². The number of hydrogen-bond donors (Lipinski definition) is 3. The van der Waals surface area contributed by atoms with E-state index >= 15 is 0 Å². The molecule has 2 fully saturated rings. The van der Waals surface area contributed by atoms with Crippen LogP contribution < -0.4 is 10.6 Å². The van der Waals surface area contributed by atoms with Gasteiger partial charge in [0.1, 0.15) is 6.10 Å². The van der Waals surface area contributed by atoms with E-state index in [0.717, 1.165) is 31.4 Å². The van der Waals surface area contributed by atoms with Crippen molar-refractivity contribution in [2.75, 3.05) is 5.32 Å². The first-order valence-corrected chi connectivity index (χ1v) is 8.65. The number of ether oxygens (including phenoxy) is 1. The van der Waals surface area contributed by atoms with E-state index in [9.17, 15) is 9.59 Å². The van der Waals surface area contributed by atoms with E-state index in [1.807, 2.05) is 26.8 Å². The van der Waals surface area contributed by atoms with Crippen LogP contribution in [0.4, 0.5) is 10.6 Å². The van der Waals surface area contributed by atoms with Gasteiger partial charge in [0.25, 0.3) is 0 Å². The van der Waals surface area contributed by atoms with Crippen molar-refractivity contribution in [3.05, 3.63) is 11.8 Å². The summed E-state index contributed by atoms with van der Waals surface area (Å²) in [7, 11) is 0. The second kappa shape index (κ2) is 6.45.